The number of para-hydroxylation sites is 2. The summed E-state index contributed by atoms with van der Waals surface area (Å²) < 4.78 is 2.78. The molecular formula is C72H61BN2S. The highest BCUT2D eigenvalue weighted by Gasteiger charge is 2.58. The lowest BCUT2D eigenvalue weighted by molar-refractivity contribution is 0.332. The van der Waals surface area contributed by atoms with Crippen molar-refractivity contribution in [1.82, 2.24) is 0 Å². The van der Waals surface area contributed by atoms with Crippen molar-refractivity contribution in [1.29, 1.82) is 0 Å². The topological polar surface area (TPSA) is 6.48 Å². The van der Waals surface area contributed by atoms with Crippen LogP contribution >= 0.6 is 11.3 Å². The molecule has 0 saturated heterocycles. The zero-order chi connectivity index (χ0) is 51.6. The minimum absolute atomic E-state index is 0.0330. The molecule has 4 heterocycles. The first kappa shape index (κ1) is 44.9. The molecule has 368 valence electrons. The Bertz CT molecular complexity index is 4170. The monoisotopic (exact) mass is 996 g/mol. The minimum Gasteiger partial charge on any atom is -0.375 e. The van der Waals surface area contributed by atoms with E-state index in [9.17, 15) is 0 Å². The van der Waals surface area contributed by atoms with Crippen molar-refractivity contribution in [2.24, 2.45) is 0 Å². The van der Waals surface area contributed by atoms with Crippen LogP contribution in [0.1, 0.15) is 125 Å². The quantitative estimate of drug-likeness (QED) is 0.159. The molecule has 3 aliphatic carbocycles. The van der Waals surface area contributed by atoms with Crippen LogP contribution in [0.4, 0.5) is 28.4 Å². The predicted octanol–water partition coefficient (Wildman–Crippen LogP) is 17.9. The molecule has 76 heavy (non-hydrogen) atoms. The summed E-state index contributed by atoms with van der Waals surface area (Å²) in [7, 11) is 0. The number of rotatable bonds is 2. The van der Waals surface area contributed by atoms with Gasteiger partial charge in [0.2, 0.25) is 0 Å². The molecule has 0 unspecified atom stereocenters. The Morgan fingerprint density at radius 3 is 1.74 bits per heavy atom. The molecule has 1 spiro atoms. The zero-order valence-corrected chi connectivity index (χ0v) is 45.9. The lowest BCUT2D eigenvalue weighted by atomic mass is 9.44. The van der Waals surface area contributed by atoms with Gasteiger partial charge in [0, 0.05) is 48.5 Å². The number of benzene rings is 9. The molecule has 6 aliphatic rings. The van der Waals surface area contributed by atoms with Crippen LogP contribution in [0, 0.1) is 0 Å². The van der Waals surface area contributed by atoms with E-state index < -0.39 is 5.41 Å². The summed E-state index contributed by atoms with van der Waals surface area (Å²) in [5, 5.41) is 1.36. The van der Waals surface area contributed by atoms with Crippen molar-refractivity contribution in [3.05, 3.63) is 232 Å². The lowest BCUT2D eigenvalue weighted by Crippen LogP contribution is -2.62. The highest BCUT2D eigenvalue weighted by molar-refractivity contribution is 7.32. The van der Waals surface area contributed by atoms with Crippen LogP contribution in [0.15, 0.2) is 182 Å². The molecule has 0 amide bonds. The number of hydrogen-bond acceptors (Lipinski definition) is 3. The summed E-state index contributed by atoms with van der Waals surface area (Å²) in [6, 6.07) is 71.4. The van der Waals surface area contributed by atoms with Crippen LogP contribution in [-0.2, 0) is 27.1 Å². The van der Waals surface area contributed by atoms with Crippen LogP contribution in [-0.4, -0.2) is 6.85 Å². The van der Waals surface area contributed by atoms with E-state index in [4.69, 9.17) is 0 Å². The van der Waals surface area contributed by atoms with Gasteiger partial charge < -0.3 is 9.71 Å². The molecule has 0 atom stereocenters. The molecule has 16 rings (SSSR count). The van der Waals surface area contributed by atoms with Crippen LogP contribution in [0.2, 0.25) is 0 Å². The van der Waals surface area contributed by atoms with E-state index in [-0.39, 0.29) is 28.5 Å². The summed E-state index contributed by atoms with van der Waals surface area (Å²) in [4.78, 5) is 5.62. The summed E-state index contributed by atoms with van der Waals surface area (Å²) >= 11 is 2.05. The first-order valence-corrected chi connectivity index (χ1v) is 28.6. The average Bonchev–Trinajstić information content (AvgIpc) is 4.18. The van der Waals surface area contributed by atoms with Gasteiger partial charge >= 0.3 is 6.85 Å². The highest BCUT2D eigenvalue weighted by atomic mass is 32.1. The Morgan fingerprint density at radius 1 is 0.447 bits per heavy atom. The van der Waals surface area contributed by atoms with E-state index in [1.54, 1.807) is 0 Å². The largest absolute Gasteiger partial charge is 0.375 e. The van der Waals surface area contributed by atoms with Crippen LogP contribution in [0.5, 0.6) is 0 Å². The summed E-state index contributed by atoms with van der Waals surface area (Å²) in [5.41, 5.74) is 30.3. The summed E-state index contributed by atoms with van der Waals surface area (Å²) in [6.45, 7) is 21.8. The third-order valence-electron chi connectivity index (χ3n) is 19.5. The van der Waals surface area contributed by atoms with E-state index in [1.165, 1.54) is 150 Å². The van der Waals surface area contributed by atoms with Gasteiger partial charge in [0.1, 0.15) is 0 Å². The van der Waals surface area contributed by atoms with Gasteiger partial charge in [-0.25, -0.2) is 0 Å². The van der Waals surface area contributed by atoms with E-state index >= 15 is 0 Å². The number of hydrogen-bond donors (Lipinski definition) is 0. The van der Waals surface area contributed by atoms with Crippen molar-refractivity contribution in [2.45, 2.75) is 102 Å². The normalized spacial score (nSPS) is 17.5. The number of thiophene rings is 1. The number of anilines is 5. The van der Waals surface area contributed by atoms with Gasteiger partial charge in [0.15, 0.2) is 0 Å². The second-order valence-electron chi connectivity index (χ2n) is 25.8. The maximum atomic E-state index is 2.85. The maximum absolute atomic E-state index is 2.85. The first-order valence-electron chi connectivity index (χ1n) is 27.8. The van der Waals surface area contributed by atoms with Crippen molar-refractivity contribution in [3.8, 4) is 44.5 Å². The molecule has 9 aromatic carbocycles. The van der Waals surface area contributed by atoms with Gasteiger partial charge in [-0.15, -0.1) is 11.3 Å². The lowest BCUT2D eigenvalue weighted by Gasteiger charge is -2.52. The van der Waals surface area contributed by atoms with Crippen molar-refractivity contribution in [3.63, 3.8) is 0 Å². The fraction of sp³-hybridized carbons (Fsp3) is 0.222. The zero-order valence-electron chi connectivity index (χ0n) is 45.1. The predicted molar refractivity (Wildman–Crippen MR) is 323 cm³/mol. The molecule has 0 N–H and O–H groups in total. The fourth-order valence-electron chi connectivity index (χ4n) is 15.6. The summed E-state index contributed by atoms with van der Waals surface area (Å²) in [6.07, 6.45) is 2.34. The second-order valence-corrected chi connectivity index (χ2v) is 26.9. The molecule has 0 radical (unpaired) electrons. The molecule has 3 aliphatic heterocycles. The molecule has 2 nitrogen and oxygen atoms in total. The SMILES string of the molecule is CC(C)(C)c1ccc(N2c3cc4c(c5c3B(c3sc6cc7c(cc6c32)C(C)(C)CCC7(C)C)N2c3ccccc3C3(c6ccccc6-c6ccccc63)c3cccc-5c32)-c2ccccc2C4(C)C)c(-c2ccccc2)c1. The van der Waals surface area contributed by atoms with Gasteiger partial charge in [0.05, 0.1) is 16.8 Å². The van der Waals surface area contributed by atoms with Crippen molar-refractivity contribution >= 4 is 66.9 Å². The number of fused-ring (bicyclic) bond motifs is 20. The third kappa shape index (κ3) is 5.49. The maximum Gasteiger partial charge on any atom is 0.343 e. The van der Waals surface area contributed by atoms with E-state index in [2.05, 4.69) is 265 Å². The molecule has 0 saturated carbocycles. The fourth-order valence-corrected chi connectivity index (χ4v) is 16.9. The van der Waals surface area contributed by atoms with Crippen LogP contribution < -0.4 is 20.0 Å². The van der Waals surface area contributed by atoms with E-state index in [1.807, 2.05) is 0 Å². The van der Waals surface area contributed by atoms with Crippen molar-refractivity contribution < 1.29 is 0 Å². The Balaban J connectivity index is 1.11. The summed E-state index contributed by atoms with van der Waals surface area (Å²) in [5.74, 6) is 0. The molecule has 4 heteroatoms. The van der Waals surface area contributed by atoms with Crippen molar-refractivity contribution in [2.75, 3.05) is 9.71 Å². The van der Waals surface area contributed by atoms with Gasteiger partial charge in [-0.1, -0.05) is 208 Å². The van der Waals surface area contributed by atoms with Crippen LogP contribution in [0.3, 0.4) is 0 Å². The Kier molecular flexibility index (Phi) is 8.70. The second kappa shape index (κ2) is 14.7. The Hall–Kier alpha value is -7.40. The third-order valence-corrected chi connectivity index (χ3v) is 20.6. The van der Waals surface area contributed by atoms with Gasteiger partial charge in [-0.05, 0) is 154 Å². The van der Waals surface area contributed by atoms with Crippen LogP contribution in [0.25, 0.3) is 54.6 Å². The highest BCUT2D eigenvalue weighted by Crippen LogP contribution is 2.67. The first-order chi connectivity index (χ1) is 36.6. The smallest absolute Gasteiger partial charge is 0.343 e. The standard InChI is InChI=1S/C72H61BN2S/c1-68(2,3)43-34-35-58(48(38-43)42-22-11-10-12-23-42)74-60-40-57-62(46-26-15-16-28-50(46)71(57,8)9)63-47-27-21-32-54-65(47)75(59-33-20-19-31-53(59)72(54)51-29-17-13-24-44(51)45-25-14-18-30-52(45)72)73(64(60)63)67-66(74)49-39-55-56(41-61(49)76-67)70(6,7)37-36-69(55,4)5/h10-35,38-41H,36-37H2,1-9H3. The Labute approximate surface area is 452 Å². The Morgan fingerprint density at radius 2 is 1.04 bits per heavy atom. The van der Waals surface area contributed by atoms with Gasteiger partial charge in [-0.3, -0.25) is 0 Å². The van der Waals surface area contributed by atoms with Gasteiger partial charge in [-0.2, -0.15) is 0 Å². The average molecular weight is 997 g/mol. The van der Waals surface area contributed by atoms with E-state index in [0.717, 1.165) is 6.42 Å². The van der Waals surface area contributed by atoms with Gasteiger partial charge in [0.25, 0.3) is 0 Å². The molecular weight excluding hydrogens is 936 g/mol. The molecule has 10 aromatic rings. The van der Waals surface area contributed by atoms with E-state index in [0.29, 0.717) is 0 Å². The molecule has 0 fully saturated rings. The minimum atomic E-state index is -0.527. The molecule has 0 bridgehead atoms. The molecule has 1 aromatic heterocycles. The number of nitrogens with zero attached hydrogens (tertiary/aromatic N) is 2.